The first kappa shape index (κ1) is 18.5. The summed E-state index contributed by atoms with van der Waals surface area (Å²) in [5.41, 5.74) is 3.71. The predicted octanol–water partition coefficient (Wildman–Crippen LogP) is 4.84. The van der Waals surface area contributed by atoms with Gasteiger partial charge in [0.15, 0.2) is 0 Å². The molecule has 4 aromatic rings. The molecule has 3 heteroatoms. The van der Waals surface area contributed by atoms with Crippen molar-refractivity contribution in [3.63, 3.8) is 0 Å². The largest absolute Gasteiger partial charge is 0.313 e. The third-order valence-electron chi connectivity index (χ3n) is 4.85. The quantitative estimate of drug-likeness (QED) is 0.369. The van der Waals surface area contributed by atoms with E-state index in [1.165, 1.54) is 16.3 Å². The molecule has 29 heavy (non-hydrogen) atoms. The molecule has 0 aliphatic heterocycles. The predicted molar refractivity (Wildman–Crippen MR) is 118 cm³/mol. The molecule has 0 saturated heterocycles. The Balaban J connectivity index is 1.59. The molecule has 3 nitrogen and oxygen atoms in total. The van der Waals surface area contributed by atoms with Crippen LogP contribution >= 0.6 is 0 Å². The zero-order valence-corrected chi connectivity index (χ0v) is 16.0. The third-order valence-corrected chi connectivity index (χ3v) is 4.85. The molecule has 0 aliphatic rings. The van der Waals surface area contributed by atoms with Gasteiger partial charge in [0, 0.05) is 30.1 Å². The van der Waals surface area contributed by atoms with Crippen LogP contribution in [-0.2, 0) is 11.2 Å². The number of hydrogen-bond acceptors (Lipinski definition) is 2. The summed E-state index contributed by atoms with van der Waals surface area (Å²) in [6, 6.07) is 26.1. The van der Waals surface area contributed by atoms with Crippen LogP contribution in [0.5, 0.6) is 0 Å². The number of pyridine rings is 1. The van der Waals surface area contributed by atoms with Gasteiger partial charge in [0.25, 0.3) is 0 Å². The minimum Gasteiger partial charge on any atom is -0.313 e. The first-order chi connectivity index (χ1) is 14.3. The Labute approximate surface area is 170 Å². The van der Waals surface area contributed by atoms with Crippen molar-refractivity contribution in [2.24, 2.45) is 0 Å². The summed E-state index contributed by atoms with van der Waals surface area (Å²) < 4.78 is 0. The van der Waals surface area contributed by atoms with E-state index in [1.54, 1.807) is 17.3 Å². The number of para-hydroxylation sites is 1. The van der Waals surface area contributed by atoms with Crippen molar-refractivity contribution in [1.29, 1.82) is 0 Å². The van der Waals surface area contributed by atoms with Crippen molar-refractivity contribution in [2.45, 2.75) is 6.42 Å². The molecule has 1 heterocycles. The van der Waals surface area contributed by atoms with Crippen molar-refractivity contribution in [3.8, 4) is 11.8 Å². The number of amides is 1. The second-order valence-electron chi connectivity index (χ2n) is 6.70. The van der Waals surface area contributed by atoms with Crippen LogP contribution in [0.4, 0.5) is 5.69 Å². The SMILES string of the molecule is O=CN(CCc1cccc2ccccc12)c1ccccc1C#Cc1cccnc1. The Morgan fingerprint density at radius 2 is 1.69 bits per heavy atom. The standard InChI is InChI=1S/C26H20N2O/c29-20-28(18-16-23-11-5-10-22-8-1-3-12-25(22)23)26-13-4-2-9-24(26)15-14-21-7-6-17-27-19-21/h1-13,17,19-20H,16,18H2. The summed E-state index contributed by atoms with van der Waals surface area (Å²) in [7, 11) is 0. The van der Waals surface area contributed by atoms with Gasteiger partial charge in [-0.05, 0) is 47.0 Å². The van der Waals surface area contributed by atoms with Crippen LogP contribution in [0, 0.1) is 11.8 Å². The van der Waals surface area contributed by atoms with Crippen molar-refractivity contribution >= 4 is 22.9 Å². The van der Waals surface area contributed by atoms with E-state index in [4.69, 9.17) is 0 Å². The number of rotatable bonds is 5. The molecule has 0 saturated carbocycles. The average molecular weight is 376 g/mol. The number of fused-ring (bicyclic) bond motifs is 1. The number of aromatic nitrogens is 1. The lowest BCUT2D eigenvalue weighted by Crippen LogP contribution is -2.24. The average Bonchev–Trinajstić information content (AvgIpc) is 2.79. The zero-order valence-electron chi connectivity index (χ0n) is 16.0. The summed E-state index contributed by atoms with van der Waals surface area (Å²) in [6.45, 7) is 0.586. The van der Waals surface area contributed by atoms with Gasteiger partial charge in [0.1, 0.15) is 0 Å². The number of benzene rings is 3. The molecule has 0 bridgehead atoms. The summed E-state index contributed by atoms with van der Waals surface area (Å²) in [4.78, 5) is 17.7. The Bertz CT molecular complexity index is 1180. The van der Waals surface area contributed by atoms with E-state index in [1.807, 2.05) is 48.5 Å². The second kappa shape index (κ2) is 8.86. The number of carbonyl (C=O) groups excluding carboxylic acids is 1. The monoisotopic (exact) mass is 376 g/mol. The molecule has 0 aliphatic carbocycles. The van der Waals surface area contributed by atoms with Crippen LogP contribution in [-0.4, -0.2) is 17.9 Å². The van der Waals surface area contributed by atoms with E-state index in [0.717, 1.165) is 29.6 Å². The Morgan fingerprint density at radius 3 is 2.55 bits per heavy atom. The lowest BCUT2D eigenvalue weighted by atomic mass is 10.0. The normalized spacial score (nSPS) is 10.2. The molecule has 3 aromatic carbocycles. The maximum atomic E-state index is 11.9. The van der Waals surface area contributed by atoms with Gasteiger partial charge in [-0.1, -0.05) is 66.4 Å². The van der Waals surface area contributed by atoms with E-state index in [-0.39, 0.29) is 0 Å². The van der Waals surface area contributed by atoms with Gasteiger partial charge < -0.3 is 4.90 Å². The lowest BCUT2D eigenvalue weighted by Gasteiger charge is -2.19. The summed E-state index contributed by atoms with van der Waals surface area (Å²) in [5, 5.41) is 2.44. The maximum Gasteiger partial charge on any atom is 0.214 e. The summed E-state index contributed by atoms with van der Waals surface area (Å²) in [5.74, 6) is 6.30. The van der Waals surface area contributed by atoms with Gasteiger partial charge in [-0.15, -0.1) is 0 Å². The maximum absolute atomic E-state index is 11.9. The van der Waals surface area contributed by atoms with E-state index in [9.17, 15) is 4.79 Å². The van der Waals surface area contributed by atoms with Gasteiger partial charge in [0.05, 0.1) is 5.69 Å². The molecule has 0 spiro atoms. The van der Waals surface area contributed by atoms with E-state index in [2.05, 4.69) is 47.2 Å². The van der Waals surface area contributed by atoms with Gasteiger partial charge in [-0.3, -0.25) is 9.78 Å². The highest BCUT2D eigenvalue weighted by Crippen LogP contribution is 2.22. The highest BCUT2D eigenvalue weighted by molar-refractivity contribution is 5.86. The number of carbonyl (C=O) groups is 1. The van der Waals surface area contributed by atoms with E-state index >= 15 is 0 Å². The molecule has 140 valence electrons. The van der Waals surface area contributed by atoms with Crippen LogP contribution in [0.1, 0.15) is 16.7 Å². The Morgan fingerprint density at radius 1 is 0.862 bits per heavy atom. The molecule has 1 amide bonds. The highest BCUT2D eigenvalue weighted by atomic mass is 16.1. The zero-order chi connectivity index (χ0) is 19.9. The van der Waals surface area contributed by atoms with E-state index < -0.39 is 0 Å². The Kier molecular flexibility index (Phi) is 5.64. The topological polar surface area (TPSA) is 33.2 Å². The molecule has 0 N–H and O–H groups in total. The molecule has 0 fully saturated rings. The van der Waals surface area contributed by atoms with Gasteiger partial charge in [0.2, 0.25) is 6.41 Å². The van der Waals surface area contributed by atoms with Gasteiger partial charge in [-0.25, -0.2) is 0 Å². The number of nitrogens with zero attached hydrogens (tertiary/aromatic N) is 2. The number of hydrogen-bond donors (Lipinski definition) is 0. The fourth-order valence-corrected chi connectivity index (χ4v) is 3.39. The third kappa shape index (κ3) is 4.34. The molecule has 0 unspecified atom stereocenters. The molecule has 0 radical (unpaired) electrons. The first-order valence-electron chi connectivity index (χ1n) is 9.55. The lowest BCUT2D eigenvalue weighted by molar-refractivity contribution is -0.107. The van der Waals surface area contributed by atoms with Crippen molar-refractivity contribution in [2.75, 3.05) is 11.4 Å². The van der Waals surface area contributed by atoms with Gasteiger partial charge >= 0.3 is 0 Å². The van der Waals surface area contributed by atoms with Crippen LogP contribution in [0.2, 0.25) is 0 Å². The van der Waals surface area contributed by atoms with Crippen LogP contribution < -0.4 is 4.90 Å². The van der Waals surface area contributed by atoms with Crippen molar-refractivity contribution in [1.82, 2.24) is 4.98 Å². The van der Waals surface area contributed by atoms with E-state index in [0.29, 0.717) is 6.54 Å². The molecule has 4 rings (SSSR count). The van der Waals surface area contributed by atoms with Crippen molar-refractivity contribution < 1.29 is 4.79 Å². The molecular weight excluding hydrogens is 356 g/mol. The molecule has 0 atom stereocenters. The smallest absolute Gasteiger partial charge is 0.214 e. The van der Waals surface area contributed by atoms with Gasteiger partial charge in [-0.2, -0.15) is 0 Å². The van der Waals surface area contributed by atoms with Crippen LogP contribution in [0.25, 0.3) is 10.8 Å². The highest BCUT2D eigenvalue weighted by Gasteiger charge is 2.10. The second-order valence-corrected chi connectivity index (χ2v) is 6.70. The van der Waals surface area contributed by atoms with Crippen LogP contribution in [0.3, 0.4) is 0 Å². The summed E-state index contributed by atoms with van der Waals surface area (Å²) >= 11 is 0. The van der Waals surface area contributed by atoms with Crippen LogP contribution in [0.15, 0.2) is 91.3 Å². The molecular formula is C26H20N2O. The minimum absolute atomic E-state index is 0.586. The Hall–Kier alpha value is -3.90. The minimum atomic E-state index is 0.586. The fraction of sp³-hybridized carbons (Fsp3) is 0.0769. The fourth-order valence-electron chi connectivity index (χ4n) is 3.39. The van der Waals surface area contributed by atoms with Crippen molar-refractivity contribution in [3.05, 3.63) is 108 Å². The first-order valence-corrected chi connectivity index (χ1v) is 9.55. The number of anilines is 1. The summed E-state index contributed by atoms with van der Waals surface area (Å²) in [6.07, 6.45) is 5.11. The molecule has 1 aromatic heterocycles.